The molecule has 0 bridgehead atoms. The normalized spacial score (nSPS) is 12.7. The number of hydrogen-bond donors (Lipinski definition) is 1. The third-order valence-electron chi connectivity index (χ3n) is 4.50. The highest BCUT2D eigenvalue weighted by Crippen LogP contribution is 2.22. The number of fused-ring (bicyclic) bond motifs is 1. The van der Waals surface area contributed by atoms with Crippen molar-refractivity contribution < 1.29 is 4.79 Å². The van der Waals surface area contributed by atoms with Crippen LogP contribution in [0.4, 0.5) is 0 Å². The Kier molecular flexibility index (Phi) is 4.30. The number of aryl methyl sites for hydroxylation is 1. The van der Waals surface area contributed by atoms with Gasteiger partial charge >= 0.3 is 0 Å². The van der Waals surface area contributed by atoms with Crippen molar-refractivity contribution >= 4 is 16.7 Å². The minimum Gasteiger partial charge on any atom is -0.360 e. The molecule has 0 aliphatic rings. The van der Waals surface area contributed by atoms with Gasteiger partial charge < -0.3 is 4.98 Å². The molecule has 3 rings (SSSR count). The van der Waals surface area contributed by atoms with Crippen molar-refractivity contribution in [2.24, 2.45) is 0 Å². The van der Waals surface area contributed by atoms with Crippen molar-refractivity contribution in [1.82, 2.24) is 9.88 Å². The summed E-state index contributed by atoms with van der Waals surface area (Å²) in [6.07, 6.45) is 1.82. The molecule has 0 saturated carbocycles. The summed E-state index contributed by atoms with van der Waals surface area (Å²) in [5.74, 6) is 0.143. The lowest BCUT2D eigenvalue weighted by molar-refractivity contribution is 0.0926. The number of aromatic nitrogens is 1. The fraction of sp³-hybridized carbons (Fsp3) is 0.250. The van der Waals surface area contributed by atoms with E-state index in [1.54, 1.807) is 0 Å². The van der Waals surface area contributed by atoms with E-state index in [1.807, 2.05) is 37.5 Å². The number of benzene rings is 2. The molecule has 118 valence electrons. The molecule has 0 spiro atoms. The number of ketones is 1. The van der Waals surface area contributed by atoms with E-state index >= 15 is 0 Å². The van der Waals surface area contributed by atoms with Crippen molar-refractivity contribution in [3.05, 3.63) is 71.4 Å². The first kappa shape index (κ1) is 15.5. The monoisotopic (exact) mass is 306 g/mol. The number of carbonyl (C=O) groups is 1. The minimum atomic E-state index is 0.143. The van der Waals surface area contributed by atoms with E-state index in [-0.39, 0.29) is 11.8 Å². The Morgan fingerprint density at radius 2 is 1.83 bits per heavy atom. The lowest BCUT2D eigenvalue weighted by atomic mass is 10.0. The topological polar surface area (TPSA) is 36.1 Å². The predicted octanol–water partition coefficient (Wildman–Crippen LogP) is 4.35. The van der Waals surface area contributed by atoms with Crippen molar-refractivity contribution in [1.29, 1.82) is 0 Å². The average molecular weight is 306 g/mol. The highest BCUT2D eigenvalue weighted by atomic mass is 16.1. The molecule has 0 aliphatic carbocycles. The number of para-hydroxylation sites is 1. The molecule has 0 fully saturated rings. The van der Waals surface area contributed by atoms with Gasteiger partial charge in [0.15, 0.2) is 5.78 Å². The largest absolute Gasteiger partial charge is 0.360 e. The second-order valence-electron chi connectivity index (χ2n) is 6.17. The zero-order valence-electron chi connectivity index (χ0n) is 13.8. The lowest BCUT2D eigenvalue weighted by Crippen LogP contribution is -2.28. The van der Waals surface area contributed by atoms with E-state index in [2.05, 4.69) is 48.0 Å². The van der Waals surface area contributed by atoms with Crippen molar-refractivity contribution in [3.8, 4) is 0 Å². The Hall–Kier alpha value is -2.39. The Bertz CT molecular complexity index is 817. The molecular formula is C20H22N2O. The van der Waals surface area contributed by atoms with E-state index in [9.17, 15) is 4.79 Å². The van der Waals surface area contributed by atoms with Gasteiger partial charge in [-0.25, -0.2) is 0 Å². The Balaban J connectivity index is 1.75. The summed E-state index contributed by atoms with van der Waals surface area (Å²) in [5.41, 5.74) is 4.25. The first-order valence-electron chi connectivity index (χ1n) is 7.92. The molecule has 23 heavy (non-hydrogen) atoms. The first-order valence-corrected chi connectivity index (χ1v) is 7.92. The van der Waals surface area contributed by atoms with Crippen LogP contribution in [-0.2, 0) is 0 Å². The third kappa shape index (κ3) is 3.20. The van der Waals surface area contributed by atoms with Crippen LogP contribution in [0.3, 0.4) is 0 Å². The number of Topliss-reactive ketones (excluding diaryl/α,β-unsaturated/α-hetero) is 1. The number of carbonyl (C=O) groups excluding carboxylic acids is 1. The van der Waals surface area contributed by atoms with Gasteiger partial charge in [-0.2, -0.15) is 0 Å². The van der Waals surface area contributed by atoms with E-state index in [1.165, 1.54) is 11.1 Å². The Morgan fingerprint density at radius 3 is 2.57 bits per heavy atom. The number of nitrogens with zero attached hydrogens (tertiary/aromatic N) is 1. The third-order valence-corrected chi connectivity index (χ3v) is 4.50. The molecule has 0 amide bonds. The molecule has 3 aromatic rings. The summed E-state index contributed by atoms with van der Waals surface area (Å²) in [6.45, 7) is 4.61. The van der Waals surface area contributed by atoms with Gasteiger partial charge in [0.25, 0.3) is 0 Å². The smallest absolute Gasteiger partial charge is 0.178 e. The maximum atomic E-state index is 12.7. The zero-order chi connectivity index (χ0) is 16.4. The molecule has 3 nitrogen and oxygen atoms in total. The fourth-order valence-corrected chi connectivity index (χ4v) is 2.85. The number of nitrogens with one attached hydrogen (secondary N) is 1. The standard InChI is InChI=1S/C20H22N2O/c1-14-8-10-16(11-9-14)15(2)22(3)13-20(23)18-12-21-19-7-5-4-6-17(18)19/h4-12,15,21H,13H2,1-3H3. The number of aromatic amines is 1. The van der Waals surface area contributed by atoms with E-state index in [4.69, 9.17) is 0 Å². The molecule has 1 heterocycles. The van der Waals surface area contributed by atoms with Crippen molar-refractivity contribution in [2.45, 2.75) is 19.9 Å². The van der Waals surface area contributed by atoms with Crippen LogP contribution in [0, 0.1) is 6.92 Å². The predicted molar refractivity (Wildman–Crippen MR) is 94.9 cm³/mol. The van der Waals surface area contributed by atoms with E-state index in [0.717, 1.165) is 16.5 Å². The number of H-pyrrole nitrogens is 1. The van der Waals surface area contributed by atoms with E-state index < -0.39 is 0 Å². The lowest BCUT2D eigenvalue weighted by Gasteiger charge is -2.24. The van der Waals surface area contributed by atoms with Gasteiger partial charge in [-0.3, -0.25) is 9.69 Å². The van der Waals surface area contributed by atoms with Crippen LogP contribution in [0.2, 0.25) is 0 Å². The molecule has 1 N–H and O–H groups in total. The highest BCUT2D eigenvalue weighted by molar-refractivity contribution is 6.08. The zero-order valence-corrected chi connectivity index (χ0v) is 13.8. The van der Waals surface area contributed by atoms with Crippen LogP contribution in [0.1, 0.15) is 34.5 Å². The number of rotatable bonds is 5. The van der Waals surface area contributed by atoms with Crippen molar-refractivity contribution in [2.75, 3.05) is 13.6 Å². The summed E-state index contributed by atoms with van der Waals surface area (Å²) in [5, 5.41) is 0.994. The van der Waals surface area contributed by atoms with Crippen molar-refractivity contribution in [3.63, 3.8) is 0 Å². The van der Waals surface area contributed by atoms with Crippen LogP contribution >= 0.6 is 0 Å². The molecular weight excluding hydrogens is 284 g/mol. The molecule has 0 aliphatic heterocycles. The molecule has 1 aromatic heterocycles. The first-order chi connectivity index (χ1) is 11.1. The molecule has 0 radical (unpaired) electrons. The summed E-state index contributed by atoms with van der Waals surface area (Å²) < 4.78 is 0. The van der Waals surface area contributed by atoms with Gasteiger partial charge in [0.2, 0.25) is 0 Å². The summed E-state index contributed by atoms with van der Waals surface area (Å²) in [6, 6.07) is 16.6. The molecule has 0 saturated heterocycles. The Labute approximate surface area is 136 Å². The second kappa shape index (κ2) is 6.39. The van der Waals surface area contributed by atoms with Crippen LogP contribution in [0.15, 0.2) is 54.7 Å². The SMILES string of the molecule is Cc1ccc(C(C)N(C)CC(=O)c2c[nH]c3ccccc23)cc1. The molecule has 1 unspecified atom stereocenters. The van der Waals surface area contributed by atoms with Gasteiger partial charge in [0.1, 0.15) is 0 Å². The molecule has 1 atom stereocenters. The van der Waals surface area contributed by atoms with Gasteiger partial charge in [-0.1, -0.05) is 48.0 Å². The summed E-state index contributed by atoms with van der Waals surface area (Å²) in [4.78, 5) is 17.9. The maximum Gasteiger partial charge on any atom is 0.178 e. The van der Waals surface area contributed by atoms with Crippen LogP contribution in [0.5, 0.6) is 0 Å². The second-order valence-corrected chi connectivity index (χ2v) is 6.17. The van der Waals surface area contributed by atoms with Gasteiger partial charge in [-0.05, 0) is 32.5 Å². The minimum absolute atomic E-state index is 0.143. The molecule has 2 aromatic carbocycles. The van der Waals surface area contributed by atoms with Crippen LogP contribution < -0.4 is 0 Å². The summed E-state index contributed by atoms with van der Waals surface area (Å²) >= 11 is 0. The maximum absolute atomic E-state index is 12.7. The van der Waals surface area contributed by atoms with Gasteiger partial charge in [0.05, 0.1) is 6.54 Å². The average Bonchev–Trinajstić information content (AvgIpc) is 2.99. The highest BCUT2D eigenvalue weighted by Gasteiger charge is 2.18. The molecule has 3 heteroatoms. The van der Waals surface area contributed by atoms with Crippen LogP contribution in [0.25, 0.3) is 10.9 Å². The van der Waals surface area contributed by atoms with Gasteiger partial charge in [0, 0.05) is 28.7 Å². The van der Waals surface area contributed by atoms with Gasteiger partial charge in [-0.15, -0.1) is 0 Å². The van der Waals surface area contributed by atoms with Crippen LogP contribution in [-0.4, -0.2) is 29.3 Å². The summed E-state index contributed by atoms with van der Waals surface area (Å²) in [7, 11) is 2.00. The fourth-order valence-electron chi connectivity index (χ4n) is 2.85. The quantitative estimate of drug-likeness (QED) is 0.711. The Morgan fingerprint density at radius 1 is 1.13 bits per heavy atom. The van der Waals surface area contributed by atoms with E-state index in [0.29, 0.717) is 6.54 Å². The number of hydrogen-bond acceptors (Lipinski definition) is 2. The number of likely N-dealkylation sites (N-methyl/N-ethyl adjacent to an activating group) is 1.